The van der Waals surface area contributed by atoms with Crippen LogP contribution in [0.25, 0.3) is 0 Å². The van der Waals surface area contributed by atoms with Gasteiger partial charge in [-0.15, -0.1) is 0 Å². The van der Waals surface area contributed by atoms with Gasteiger partial charge < -0.3 is 10.6 Å². The number of anilines is 1. The van der Waals surface area contributed by atoms with Crippen molar-refractivity contribution < 1.29 is 0 Å². The van der Waals surface area contributed by atoms with E-state index >= 15 is 0 Å². The lowest BCUT2D eigenvalue weighted by Gasteiger charge is -2.26. The molecular formula is C15H17ClN4. The Morgan fingerprint density at radius 2 is 1.90 bits per heavy atom. The van der Waals surface area contributed by atoms with Gasteiger partial charge >= 0.3 is 0 Å². The van der Waals surface area contributed by atoms with Gasteiger partial charge in [0.05, 0.1) is 6.04 Å². The van der Waals surface area contributed by atoms with Crippen LogP contribution < -0.4 is 10.6 Å². The van der Waals surface area contributed by atoms with Gasteiger partial charge in [0.15, 0.2) is 0 Å². The summed E-state index contributed by atoms with van der Waals surface area (Å²) < 4.78 is 0. The van der Waals surface area contributed by atoms with Crippen LogP contribution in [0.2, 0.25) is 5.02 Å². The van der Waals surface area contributed by atoms with E-state index in [2.05, 4.69) is 16.8 Å². The highest BCUT2D eigenvalue weighted by atomic mass is 35.5. The average Bonchev–Trinajstić information content (AvgIpc) is 2.46. The van der Waals surface area contributed by atoms with Crippen LogP contribution in [0, 0.1) is 5.41 Å². The minimum absolute atomic E-state index is 0.0254. The van der Waals surface area contributed by atoms with E-state index in [1.807, 2.05) is 37.4 Å². The summed E-state index contributed by atoms with van der Waals surface area (Å²) in [5, 5.41) is 8.09. The summed E-state index contributed by atoms with van der Waals surface area (Å²) in [4.78, 5) is 6.41. The van der Waals surface area contributed by atoms with Crippen LogP contribution in [0.5, 0.6) is 0 Å². The number of halogens is 1. The van der Waals surface area contributed by atoms with Crippen LogP contribution in [0.15, 0.2) is 42.6 Å². The van der Waals surface area contributed by atoms with E-state index in [1.54, 1.807) is 12.3 Å². The normalized spacial score (nSPS) is 11.9. The van der Waals surface area contributed by atoms with Crippen molar-refractivity contribution in [3.05, 3.63) is 58.7 Å². The molecule has 1 atom stereocenters. The molecule has 1 unspecified atom stereocenters. The molecule has 1 heterocycles. The Hall–Kier alpha value is -2.07. The highest BCUT2D eigenvalue weighted by molar-refractivity contribution is 6.30. The van der Waals surface area contributed by atoms with Gasteiger partial charge in [-0.1, -0.05) is 23.7 Å². The second-order valence-electron chi connectivity index (χ2n) is 4.66. The number of nitrogens with one attached hydrogen (secondary N) is 1. The third-order valence-corrected chi connectivity index (χ3v) is 3.61. The number of amidine groups is 1. The van der Waals surface area contributed by atoms with E-state index in [0.29, 0.717) is 5.56 Å². The zero-order valence-electron chi connectivity index (χ0n) is 11.5. The van der Waals surface area contributed by atoms with Crippen molar-refractivity contribution in [3.63, 3.8) is 0 Å². The van der Waals surface area contributed by atoms with Crippen molar-refractivity contribution in [2.24, 2.45) is 5.73 Å². The van der Waals surface area contributed by atoms with E-state index in [-0.39, 0.29) is 11.9 Å². The van der Waals surface area contributed by atoms with Gasteiger partial charge in [-0.25, -0.2) is 4.98 Å². The molecule has 20 heavy (non-hydrogen) atoms. The Labute approximate surface area is 123 Å². The van der Waals surface area contributed by atoms with Gasteiger partial charge in [-0.05, 0) is 36.8 Å². The second kappa shape index (κ2) is 5.92. The number of benzene rings is 1. The maximum Gasteiger partial charge on any atom is 0.128 e. The summed E-state index contributed by atoms with van der Waals surface area (Å²) in [5.41, 5.74) is 7.21. The highest BCUT2D eigenvalue weighted by Crippen LogP contribution is 2.24. The molecule has 5 heteroatoms. The fourth-order valence-corrected chi connectivity index (χ4v) is 2.04. The molecular weight excluding hydrogens is 272 g/mol. The standard InChI is InChI=1S/C15H17ClN4/c1-10(11-3-6-13(16)7-4-11)20(2)14-8-5-12(9-19-14)15(17)18/h3-10H,1-2H3,(H3,17,18). The van der Waals surface area contributed by atoms with Crippen molar-refractivity contribution in [2.45, 2.75) is 13.0 Å². The number of nitrogens with two attached hydrogens (primary N) is 1. The molecule has 4 nitrogen and oxygen atoms in total. The third-order valence-electron chi connectivity index (χ3n) is 3.35. The molecule has 0 aliphatic rings. The molecule has 0 spiro atoms. The molecule has 0 bridgehead atoms. The van der Waals surface area contributed by atoms with Crippen molar-refractivity contribution in [3.8, 4) is 0 Å². The summed E-state index contributed by atoms with van der Waals surface area (Å²) in [6.45, 7) is 2.10. The van der Waals surface area contributed by atoms with Gasteiger partial charge in [0.2, 0.25) is 0 Å². The van der Waals surface area contributed by atoms with Gasteiger partial charge in [0.1, 0.15) is 11.7 Å². The van der Waals surface area contributed by atoms with Crippen molar-refractivity contribution in [1.29, 1.82) is 5.41 Å². The molecule has 2 rings (SSSR count). The number of aromatic nitrogens is 1. The summed E-state index contributed by atoms with van der Waals surface area (Å²) in [7, 11) is 1.98. The largest absolute Gasteiger partial charge is 0.384 e. The molecule has 0 amide bonds. The number of hydrogen-bond donors (Lipinski definition) is 2. The van der Waals surface area contributed by atoms with Crippen LogP contribution in [0.3, 0.4) is 0 Å². The van der Waals surface area contributed by atoms with Crippen LogP contribution in [-0.2, 0) is 0 Å². The van der Waals surface area contributed by atoms with E-state index in [4.69, 9.17) is 22.7 Å². The molecule has 3 N–H and O–H groups in total. The van der Waals surface area contributed by atoms with Gasteiger partial charge in [0.25, 0.3) is 0 Å². The topological polar surface area (TPSA) is 66.0 Å². The molecule has 0 aliphatic carbocycles. The molecule has 2 aromatic rings. The lowest BCUT2D eigenvalue weighted by Crippen LogP contribution is -2.23. The Bertz CT molecular complexity index is 592. The van der Waals surface area contributed by atoms with E-state index in [0.717, 1.165) is 16.4 Å². The zero-order valence-corrected chi connectivity index (χ0v) is 12.2. The first-order valence-electron chi connectivity index (χ1n) is 6.28. The van der Waals surface area contributed by atoms with Crippen molar-refractivity contribution >= 4 is 23.3 Å². The van der Waals surface area contributed by atoms with Gasteiger partial charge in [-0.2, -0.15) is 0 Å². The average molecular weight is 289 g/mol. The molecule has 0 radical (unpaired) electrons. The fourth-order valence-electron chi connectivity index (χ4n) is 1.92. The minimum atomic E-state index is 0.0254. The molecule has 0 aliphatic heterocycles. The van der Waals surface area contributed by atoms with E-state index in [1.165, 1.54) is 0 Å². The second-order valence-corrected chi connectivity index (χ2v) is 5.09. The first-order valence-corrected chi connectivity index (χ1v) is 6.65. The first kappa shape index (κ1) is 14.3. The molecule has 104 valence electrons. The Morgan fingerprint density at radius 1 is 1.25 bits per heavy atom. The van der Waals surface area contributed by atoms with Crippen LogP contribution in [-0.4, -0.2) is 17.9 Å². The Kier molecular flexibility index (Phi) is 4.25. The van der Waals surface area contributed by atoms with Gasteiger partial charge in [0, 0.05) is 23.8 Å². The summed E-state index contributed by atoms with van der Waals surface area (Å²) in [6, 6.07) is 11.6. The highest BCUT2D eigenvalue weighted by Gasteiger charge is 2.13. The molecule has 1 aromatic heterocycles. The number of pyridine rings is 1. The minimum Gasteiger partial charge on any atom is -0.384 e. The van der Waals surface area contributed by atoms with Crippen LogP contribution in [0.1, 0.15) is 24.1 Å². The van der Waals surface area contributed by atoms with E-state index < -0.39 is 0 Å². The predicted molar refractivity (Wildman–Crippen MR) is 83.5 cm³/mol. The number of rotatable bonds is 4. The maximum absolute atomic E-state index is 7.36. The molecule has 0 saturated heterocycles. The quantitative estimate of drug-likeness (QED) is 0.670. The number of nitrogen functional groups attached to an aromatic ring is 1. The predicted octanol–water partition coefficient (Wildman–Crippen LogP) is 3.22. The third kappa shape index (κ3) is 3.08. The lowest BCUT2D eigenvalue weighted by molar-refractivity contribution is 0.729. The van der Waals surface area contributed by atoms with Crippen LogP contribution in [0.4, 0.5) is 5.82 Å². The summed E-state index contributed by atoms with van der Waals surface area (Å²) in [5.74, 6) is 0.856. The monoisotopic (exact) mass is 288 g/mol. The van der Waals surface area contributed by atoms with Gasteiger partial charge in [-0.3, -0.25) is 5.41 Å². The smallest absolute Gasteiger partial charge is 0.128 e. The maximum atomic E-state index is 7.36. The fraction of sp³-hybridized carbons (Fsp3) is 0.200. The van der Waals surface area contributed by atoms with Crippen molar-refractivity contribution in [2.75, 3.05) is 11.9 Å². The Morgan fingerprint density at radius 3 is 2.40 bits per heavy atom. The Balaban J connectivity index is 2.19. The SMILES string of the molecule is CC(c1ccc(Cl)cc1)N(C)c1ccc(C(=N)N)cn1. The molecule has 0 saturated carbocycles. The summed E-state index contributed by atoms with van der Waals surface area (Å²) >= 11 is 5.90. The number of hydrogen-bond acceptors (Lipinski definition) is 3. The lowest BCUT2D eigenvalue weighted by atomic mass is 10.1. The van der Waals surface area contributed by atoms with E-state index in [9.17, 15) is 0 Å². The first-order chi connectivity index (χ1) is 9.49. The zero-order chi connectivity index (χ0) is 14.7. The molecule has 0 fully saturated rings. The summed E-state index contributed by atoms with van der Waals surface area (Å²) in [6.07, 6.45) is 1.61. The van der Waals surface area contributed by atoms with Crippen LogP contribution >= 0.6 is 11.6 Å². The number of nitrogens with zero attached hydrogens (tertiary/aromatic N) is 2. The molecule has 1 aromatic carbocycles. The van der Waals surface area contributed by atoms with Crippen molar-refractivity contribution in [1.82, 2.24) is 4.98 Å².